The highest BCUT2D eigenvalue weighted by Crippen LogP contribution is 2.24. The molecule has 0 aliphatic heterocycles. The van der Waals surface area contributed by atoms with Crippen LogP contribution in [0.3, 0.4) is 0 Å². The Morgan fingerprint density at radius 2 is 1.83 bits per heavy atom. The molecule has 0 spiro atoms. The van der Waals surface area contributed by atoms with Crippen molar-refractivity contribution in [1.82, 2.24) is 4.90 Å². The summed E-state index contributed by atoms with van der Waals surface area (Å²) in [7, 11) is 1.61. The van der Waals surface area contributed by atoms with Crippen LogP contribution in [0, 0.1) is 6.92 Å². The number of anilines is 1. The van der Waals surface area contributed by atoms with Gasteiger partial charge in [-0.2, -0.15) is 0 Å². The average molecular weight is 413 g/mol. The summed E-state index contributed by atoms with van der Waals surface area (Å²) >= 11 is 5.90. The van der Waals surface area contributed by atoms with Crippen molar-refractivity contribution >= 4 is 29.2 Å². The molecule has 0 saturated heterocycles. The normalized spacial score (nSPS) is 10.6. The van der Waals surface area contributed by atoms with Gasteiger partial charge in [0.05, 0.1) is 12.1 Å². The lowest BCUT2D eigenvalue weighted by Gasteiger charge is -2.16. The van der Waals surface area contributed by atoms with Crippen LogP contribution in [0.1, 0.15) is 21.7 Å². The van der Waals surface area contributed by atoms with Gasteiger partial charge < -0.3 is 19.8 Å². The molecule has 0 fully saturated rings. The zero-order chi connectivity index (χ0) is 21.0. The molecule has 0 radical (unpaired) electrons. The maximum absolute atomic E-state index is 12.3. The molecule has 0 aliphatic rings. The fourth-order valence-electron chi connectivity index (χ4n) is 2.73. The Bertz CT molecular complexity index is 1030. The van der Waals surface area contributed by atoms with E-state index in [0.29, 0.717) is 22.2 Å². The molecule has 1 amide bonds. The van der Waals surface area contributed by atoms with Crippen molar-refractivity contribution in [3.8, 4) is 11.3 Å². The standard InChI is InChI=1S/C22H21ClN2O4/c1-14-4-3-5-18(21(14)24)22(27)28-13-20(26)25(2)12-17-10-11-19(29-17)15-6-8-16(23)9-7-15/h3-11H,12-13,24H2,1-2H3. The molecule has 0 unspecified atom stereocenters. The van der Waals surface area contributed by atoms with Gasteiger partial charge in [-0.05, 0) is 55.0 Å². The number of amides is 1. The van der Waals surface area contributed by atoms with Gasteiger partial charge in [-0.3, -0.25) is 4.79 Å². The number of likely N-dealkylation sites (N-methyl/N-ethyl adjacent to an activating group) is 1. The van der Waals surface area contributed by atoms with E-state index in [1.807, 2.05) is 18.2 Å². The van der Waals surface area contributed by atoms with E-state index in [1.165, 1.54) is 4.90 Å². The van der Waals surface area contributed by atoms with Crippen molar-refractivity contribution in [3.63, 3.8) is 0 Å². The molecule has 2 N–H and O–H groups in total. The van der Waals surface area contributed by atoms with Gasteiger partial charge in [0.2, 0.25) is 0 Å². The molecule has 0 aliphatic carbocycles. The predicted octanol–water partition coefficient (Wildman–Crippen LogP) is 4.31. The van der Waals surface area contributed by atoms with Gasteiger partial charge in [-0.1, -0.05) is 23.7 Å². The van der Waals surface area contributed by atoms with E-state index in [0.717, 1.165) is 11.1 Å². The number of aryl methyl sites for hydroxylation is 1. The SMILES string of the molecule is Cc1cccc(C(=O)OCC(=O)N(C)Cc2ccc(-c3ccc(Cl)cc3)o2)c1N. The molecule has 3 aromatic rings. The van der Waals surface area contributed by atoms with Crippen molar-refractivity contribution in [3.05, 3.63) is 76.5 Å². The second-order valence-corrected chi connectivity index (χ2v) is 7.07. The molecule has 150 valence electrons. The molecular formula is C22H21ClN2O4. The van der Waals surface area contributed by atoms with Crippen LogP contribution in [0.2, 0.25) is 5.02 Å². The summed E-state index contributed by atoms with van der Waals surface area (Å²) in [6, 6.07) is 16.0. The zero-order valence-electron chi connectivity index (χ0n) is 16.1. The number of carbonyl (C=O) groups is 2. The van der Waals surface area contributed by atoms with Gasteiger partial charge in [0.15, 0.2) is 6.61 Å². The van der Waals surface area contributed by atoms with Crippen LogP contribution in [0.5, 0.6) is 0 Å². The van der Waals surface area contributed by atoms with Crippen molar-refractivity contribution in [2.45, 2.75) is 13.5 Å². The van der Waals surface area contributed by atoms with Crippen molar-refractivity contribution < 1.29 is 18.7 Å². The summed E-state index contributed by atoms with van der Waals surface area (Å²) in [6.07, 6.45) is 0. The summed E-state index contributed by atoms with van der Waals surface area (Å²) < 4.78 is 10.9. The van der Waals surface area contributed by atoms with Crippen molar-refractivity contribution in [2.24, 2.45) is 0 Å². The number of para-hydroxylation sites is 1. The molecular weight excluding hydrogens is 392 g/mol. The number of benzene rings is 2. The largest absolute Gasteiger partial charge is 0.459 e. The van der Waals surface area contributed by atoms with Crippen LogP contribution < -0.4 is 5.73 Å². The predicted molar refractivity (Wildman–Crippen MR) is 112 cm³/mol. The summed E-state index contributed by atoms with van der Waals surface area (Å²) in [5.41, 5.74) is 8.16. The maximum atomic E-state index is 12.3. The Morgan fingerprint density at radius 3 is 2.55 bits per heavy atom. The van der Waals surface area contributed by atoms with Gasteiger partial charge in [0.25, 0.3) is 5.91 Å². The van der Waals surface area contributed by atoms with Gasteiger partial charge >= 0.3 is 5.97 Å². The molecule has 6 nitrogen and oxygen atoms in total. The zero-order valence-corrected chi connectivity index (χ0v) is 16.9. The van der Waals surface area contributed by atoms with Crippen LogP contribution >= 0.6 is 11.6 Å². The first-order valence-corrected chi connectivity index (χ1v) is 9.34. The topological polar surface area (TPSA) is 85.8 Å². The Kier molecular flexibility index (Phi) is 6.24. The Morgan fingerprint density at radius 1 is 1.10 bits per heavy atom. The van der Waals surface area contributed by atoms with Crippen LogP contribution in [0.4, 0.5) is 5.69 Å². The number of carbonyl (C=O) groups excluding carboxylic acids is 2. The van der Waals surface area contributed by atoms with E-state index in [4.69, 9.17) is 26.5 Å². The van der Waals surface area contributed by atoms with E-state index in [2.05, 4.69) is 0 Å². The number of nitrogens with zero attached hydrogens (tertiary/aromatic N) is 1. The minimum absolute atomic E-state index is 0.247. The number of hydrogen-bond donors (Lipinski definition) is 1. The highest BCUT2D eigenvalue weighted by molar-refractivity contribution is 6.30. The first-order chi connectivity index (χ1) is 13.8. The first-order valence-electron chi connectivity index (χ1n) is 8.96. The van der Waals surface area contributed by atoms with Crippen LogP contribution in [0.25, 0.3) is 11.3 Å². The number of ether oxygens (including phenoxy) is 1. The summed E-state index contributed by atoms with van der Waals surface area (Å²) in [4.78, 5) is 25.9. The van der Waals surface area contributed by atoms with Gasteiger partial charge in [-0.15, -0.1) is 0 Å². The molecule has 0 saturated carbocycles. The summed E-state index contributed by atoms with van der Waals surface area (Å²) in [6.45, 7) is 1.66. The third-order valence-corrected chi connectivity index (χ3v) is 4.73. The molecule has 3 rings (SSSR count). The molecule has 0 bridgehead atoms. The van der Waals surface area contributed by atoms with E-state index in [-0.39, 0.29) is 24.6 Å². The Hall–Kier alpha value is -3.25. The van der Waals surface area contributed by atoms with Gasteiger partial charge in [0, 0.05) is 23.3 Å². The number of esters is 1. The average Bonchev–Trinajstić information content (AvgIpc) is 3.16. The second-order valence-electron chi connectivity index (χ2n) is 6.63. The third-order valence-electron chi connectivity index (χ3n) is 4.48. The Balaban J connectivity index is 1.56. The van der Waals surface area contributed by atoms with Crippen LogP contribution in [-0.2, 0) is 16.1 Å². The monoisotopic (exact) mass is 412 g/mol. The smallest absolute Gasteiger partial charge is 0.340 e. The lowest BCUT2D eigenvalue weighted by Crippen LogP contribution is -2.30. The summed E-state index contributed by atoms with van der Waals surface area (Å²) in [5, 5.41) is 0.646. The molecule has 7 heteroatoms. The lowest BCUT2D eigenvalue weighted by atomic mass is 10.1. The highest BCUT2D eigenvalue weighted by atomic mass is 35.5. The number of nitrogen functional groups attached to an aromatic ring is 1. The minimum atomic E-state index is -0.629. The van der Waals surface area contributed by atoms with Crippen molar-refractivity contribution in [2.75, 3.05) is 19.4 Å². The fraction of sp³-hybridized carbons (Fsp3) is 0.182. The first kappa shape index (κ1) is 20.5. The van der Waals surface area contributed by atoms with Crippen LogP contribution in [0.15, 0.2) is 59.0 Å². The Labute approximate surface area is 173 Å². The minimum Gasteiger partial charge on any atom is -0.459 e. The van der Waals surface area contributed by atoms with E-state index < -0.39 is 5.97 Å². The van der Waals surface area contributed by atoms with Gasteiger partial charge in [0.1, 0.15) is 11.5 Å². The number of hydrogen-bond acceptors (Lipinski definition) is 5. The number of halogens is 1. The molecule has 1 heterocycles. The van der Waals surface area contributed by atoms with Gasteiger partial charge in [-0.25, -0.2) is 4.79 Å². The molecule has 29 heavy (non-hydrogen) atoms. The summed E-state index contributed by atoms with van der Waals surface area (Å²) in [5.74, 6) is 0.309. The number of nitrogens with two attached hydrogens (primary N) is 1. The van der Waals surface area contributed by atoms with Crippen LogP contribution in [-0.4, -0.2) is 30.4 Å². The van der Waals surface area contributed by atoms with E-state index in [9.17, 15) is 9.59 Å². The molecule has 1 aromatic heterocycles. The fourth-order valence-corrected chi connectivity index (χ4v) is 2.85. The number of rotatable bonds is 6. The third kappa shape index (κ3) is 4.97. The highest BCUT2D eigenvalue weighted by Gasteiger charge is 2.17. The molecule has 2 aromatic carbocycles. The molecule has 0 atom stereocenters. The number of furan rings is 1. The van der Waals surface area contributed by atoms with Crippen molar-refractivity contribution in [1.29, 1.82) is 0 Å². The quantitative estimate of drug-likeness (QED) is 0.481. The second kappa shape index (κ2) is 8.84. The maximum Gasteiger partial charge on any atom is 0.340 e. The lowest BCUT2D eigenvalue weighted by molar-refractivity contribution is -0.133. The van der Waals surface area contributed by atoms with E-state index in [1.54, 1.807) is 50.4 Å². The van der Waals surface area contributed by atoms with E-state index >= 15 is 0 Å².